The van der Waals surface area contributed by atoms with Crippen LogP contribution < -0.4 is 15.2 Å². The van der Waals surface area contributed by atoms with Gasteiger partial charge in [-0.25, -0.2) is 4.79 Å². The molecule has 0 unspecified atom stereocenters. The third kappa shape index (κ3) is 5.70. The number of aldehydes is 1. The Balaban J connectivity index is 1.59. The van der Waals surface area contributed by atoms with Gasteiger partial charge in [0.1, 0.15) is 22.9 Å². The number of ether oxygens (including phenoxy) is 2. The van der Waals surface area contributed by atoms with Gasteiger partial charge in [-0.3, -0.25) is 19.3 Å². The van der Waals surface area contributed by atoms with Crippen molar-refractivity contribution in [3.63, 3.8) is 0 Å². The molecule has 16 heteroatoms. The molecule has 5 rings (SSSR count). The van der Waals surface area contributed by atoms with Crippen molar-refractivity contribution in [2.75, 3.05) is 25.2 Å². The summed E-state index contributed by atoms with van der Waals surface area (Å²) in [6.07, 6.45) is 0.387. The molecule has 1 fully saturated rings. The number of nitrogens with zero attached hydrogens (tertiary/aromatic N) is 3. The fraction of sp³-hybridized carbons (Fsp3) is 0.250. The van der Waals surface area contributed by atoms with Crippen molar-refractivity contribution in [1.29, 1.82) is 5.26 Å². The Labute approximate surface area is 267 Å². The zero-order chi connectivity index (χ0) is 31.9. The number of fused-ring (bicyclic) bond motifs is 1. The monoisotopic (exact) mass is 682 g/mol. The van der Waals surface area contributed by atoms with E-state index in [2.05, 4.69) is 6.07 Å². The van der Waals surface area contributed by atoms with E-state index < -0.39 is 34.2 Å². The number of hydrogen-bond donors (Lipinski definition) is 1. The van der Waals surface area contributed by atoms with Crippen LogP contribution in [0.3, 0.4) is 0 Å². The first kappa shape index (κ1) is 31.6. The molecule has 0 aliphatic carbocycles. The van der Waals surface area contributed by atoms with E-state index in [0.717, 1.165) is 6.07 Å². The maximum atomic E-state index is 14.1. The summed E-state index contributed by atoms with van der Waals surface area (Å²) in [6, 6.07) is 7.22. The lowest BCUT2D eigenvalue weighted by atomic mass is 10.0. The van der Waals surface area contributed by atoms with Crippen LogP contribution in [0.4, 0.5) is 19.3 Å². The molecular weight excluding hydrogens is 665 g/mol. The van der Waals surface area contributed by atoms with Crippen LogP contribution in [0.2, 0.25) is 10.0 Å². The number of aromatic amines is 1. The predicted molar refractivity (Wildman–Crippen MR) is 157 cm³/mol. The molecular formula is C28H19Cl3F2N4O6S. The molecule has 3 heterocycles. The minimum Gasteiger partial charge on any atom is -0.493 e. The van der Waals surface area contributed by atoms with Crippen molar-refractivity contribution in [2.24, 2.45) is 0 Å². The van der Waals surface area contributed by atoms with Crippen LogP contribution in [0, 0.1) is 11.3 Å². The van der Waals surface area contributed by atoms with Gasteiger partial charge in [0, 0.05) is 30.1 Å². The minimum absolute atomic E-state index is 0.0339. The number of cyclic esters (lactones) is 1. The van der Waals surface area contributed by atoms with Crippen molar-refractivity contribution >= 4 is 70.5 Å². The Morgan fingerprint density at radius 1 is 1.25 bits per heavy atom. The van der Waals surface area contributed by atoms with E-state index in [9.17, 15) is 33.2 Å². The Bertz CT molecular complexity index is 1820. The molecule has 1 aromatic heterocycles. The maximum absolute atomic E-state index is 14.1. The number of benzene rings is 2. The van der Waals surface area contributed by atoms with Crippen molar-refractivity contribution in [3.05, 3.63) is 78.2 Å². The van der Waals surface area contributed by atoms with Crippen LogP contribution in [-0.4, -0.2) is 48.4 Å². The van der Waals surface area contributed by atoms with Gasteiger partial charge in [0.05, 0.1) is 34.3 Å². The lowest BCUT2D eigenvalue weighted by Crippen LogP contribution is -2.38. The van der Waals surface area contributed by atoms with Crippen molar-refractivity contribution in [1.82, 2.24) is 9.88 Å². The number of rotatable bonds is 7. The first-order valence-electron chi connectivity index (χ1n) is 12.7. The fourth-order valence-corrected chi connectivity index (χ4v) is 6.73. The zero-order valence-electron chi connectivity index (χ0n) is 22.5. The molecule has 0 spiro atoms. The summed E-state index contributed by atoms with van der Waals surface area (Å²) in [5.74, 6) is -0.753. The highest BCUT2D eigenvalue weighted by Gasteiger charge is 2.37. The molecule has 1 N–H and O–H groups in total. The number of alkyl halides is 3. The van der Waals surface area contributed by atoms with Gasteiger partial charge in [-0.05, 0) is 53.4 Å². The highest BCUT2D eigenvalue weighted by Crippen LogP contribution is 2.44. The normalized spacial score (nSPS) is 14.6. The SMILES string of the molecule is COc1c(N2CCCOC2=O)cc2c(c1C#N)CN(C(=O)c1c(Sc3c(Cl)ccc(C=O)c3Cl)cc(C(F)(F)Cl)[nH]c1=O)C2. The number of nitrogens with one attached hydrogen (secondary N) is 1. The summed E-state index contributed by atoms with van der Waals surface area (Å²) >= 11 is 18.5. The average molecular weight is 684 g/mol. The molecule has 2 amide bonds. The summed E-state index contributed by atoms with van der Waals surface area (Å²) < 4.78 is 38.9. The Morgan fingerprint density at radius 2 is 2.00 bits per heavy atom. The summed E-state index contributed by atoms with van der Waals surface area (Å²) in [5.41, 5.74) is -1.35. The van der Waals surface area contributed by atoms with E-state index in [1.807, 2.05) is 4.98 Å². The van der Waals surface area contributed by atoms with Crippen molar-refractivity contribution in [3.8, 4) is 11.8 Å². The number of methoxy groups -OCH3 is 1. The number of nitriles is 1. The molecule has 0 saturated carbocycles. The van der Waals surface area contributed by atoms with Gasteiger partial charge in [-0.1, -0.05) is 35.0 Å². The topological polar surface area (TPSA) is 133 Å². The molecule has 228 valence electrons. The number of halogens is 5. The van der Waals surface area contributed by atoms with Crippen molar-refractivity contribution < 1.29 is 32.6 Å². The number of anilines is 1. The number of carbonyl (C=O) groups is 3. The molecule has 2 aromatic carbocycles. The Hall–Kier alpha value is -3.83. The van der Waals surface area contributed by atoms with Crippen LogP contribution in [0.5, 0.6) is 5.75 Å². The third-order valence-electron chi connectivity index (χ3n) is 6.97. The largest absolute Gasteiger partial charge is 0.493 e. The summed E-state index contributed by atoms with van der Waals surface area (Å²) in [7, 11) is 1.34. The summed E-state index contributed by atoms with van der Waals surface area (Å²) in [4.78, 5) is 55.4. The first-order chi connectivity index (χ1) is 20.9. The first-order valence-corrected chi connectivity index (χ1v) is 14.7. The van der Waals surface area contributed by atoms with E-state index in [0.29, 0.717) is 42.1 Å². The van der Waals surface area contributed by atoms with Gasteiger partial charge >= 0.3 is 11.5 Å². The van der Waals surface area contributed by atoms with Gasteiger partial charge in [-0.2, -0.15) is 14.0 Å². The Kier molecular flexibility index (Phi) is 8.82. The van der Waals surface area contributed by atoms with Gasteiger partial charge < -0.3 is 19.4 Å². The highest BCUT2D eigenvalue weighted by molar-refractivity contribution is 7.99. The molecule has 0 radical (unpaired) electrons. The van der Waals surface area contributed by atoms with E-state index in [1.165, 1.54) is 29.0 Å². The molecule has 2 aliphatic heterocycles. The van der Waals surface area contributed by atoms with Crippen LogP contribution in [0.15, 0.2) is 38.9 Å². The van der Waals surface area contributed by atoms with Gasteiger partial charge in [-0.15, -0.1) is 0 Å². The van der Waals surface area contributed by atoms with Crippen LogP contribution in [0.1, 0.15) is 49.5 Å². The van der Waals surface area contributed by atoms with Gasteiger partial charge in [0.2, 0.25) is 0 Å². The summed E-state index contributed by atoms with van der Waals surface area (Å²) in [6.45, 7) is 0.319. The van der Waals surface area contributed by atoms with E-state index in [4.69, 9.17) is 44.3 Å². The number of aromatic nitrogens is 1. The molecule has 2 aliphatic rings. The quantitative estimate of drug-likeness (QED) is 0.226. The fourth-order valence-electron chi connectivity index (χ4n) is 4.93. The number of H-pyrrole nitrogens is 1. The number of pyridine rings is 1. The minimum atomic E-state index is -4.00. The molecule has 1 saturated heterocycles. The number of carbonyl (C=O) groups excluding carboxylic acids is 3. The number of hydrogen-bond acceptors (Lipinski definition) is 8. The second kappa shape index (κ2) is 12.3. The molecule has 3 aromatic rings. The second-order valence-electron chi connectivity index (χ2n) is 9.58. The standard InChI is InChI=1S/C28H19Cl3F2N4O6S/c1-42-23-15(9-34)16-11-36(10-14(16)7-18(23)37-5-2-6-43-27(37)41)26(40)21-19(8-20(28(31,32)33)35-25(21)39)44-24-17(29)4-3-13(12-38)22(24)30/h3-4,7-8,12H,2,5-6,10-11H2,1H3,(H,35,39). The molecule has 0 bridgehead atoms. The Morgan fingerprint density at radius 3 is 2.64 bits per heavy atom. The predicted octanol–water partition coefficient (Wildman–Crippen LogP) is 6.32. The lowest BCUT2D eigenvalue weighted by Gasteiger charge is -2.28. The number of amides is 2. The van der Waals surface area contributed by atoms with Crippen LogP contribution in [-0.2, 0) is 23.2 Å². The van der Waals surface area contributed by atoms with E-state index in [1.54, 1.807) is 6.07 Å². The zero-order valence-corrected chi connectivity index (χ0v) is 25.6. The molecule has 0 atom stereocenters. The lowest BCUT2D eigenvalue weighted by molar-refractivity contribution is 0.0740. The van der Waals surface area contributed by atoms with Gasteiger partial charge in [0.15, 0.2) is 12.0 Å². The van der Waals surface area contributed by atoms with Gasteiger partial charge in [0.25, 0.3) is 11.5 Å². The molecule has 44 heavy (non-hydrogen) atoms. The van der Waals surface area contributed by atoms with Crippen LogP contribution >= 0.6 is 46.6 Å². The van der Waals surface area contributed by atoms with Crippen LogP contribution in [0.25, 0.3) is 0 Å². The maximum Gasteiger partial charge on any atom is 0.414 e. The summed E-state index contributed by atoms with van der Waals surface area (Å²) in [5, 5.41) is 5.96. The third-order valence-corrected chi connectivity index (χ3v) is 9.29. The highest BCUT2D eigenvalue weighted by atomic mass is 35.5. The average Bonchev–Trinajstić information content (AvgIpc) is 3.41. The molecule has 10 nitrogen and oxygen atoms in total. The second-order valence-corrected chi connectivity index (χ2v) is 11.9. The van der Waals surface area contributed by atoms with E-state index in [-0.39, 0.29) is 62.1 Å². The smallest absolute Gasteiger partial charge is 0.414 e. The van der Waals surface area contributed by atoms with E-state index >= 15 is 0 Å². The van der Waals surface area contributed by atoms with Crippen molar-refractivity contribution in [2.45, 2.75) is 34.7 Å².